The van der Waals surface area contributed by atoms with Crippen molar-refractivity contribution in [2.24, 2.45) is 11.8 Å². The zero-order valence-electron chi connectivity index (χ0n) is 14.4. The number of nitrogens with one attached hydrogen (secondary N) is 2. The van der Waals surface area contributed by atoms with Crippen LogP contribution in [0.3, 0.4) is 0 Å². The fourth-order valence-corrected chi connectivity index (χ4v) is 2.68. The third kappa shape index (κ3) is 4.27. The molecule has 134 valence electrons. The number of anilines is 1. The highest BCUT2D eigenvalue weighted by Gasteiger charge is 2.39. The number of aromatic carboxylic acids is 1. The number of carboxylic acid groups (broad SMARTS) is 1. The summed E-state index contributed by atoms with van der Waals surface area (Å²) in [5, 5.41) is 14.5. The number of carboxylic acids is 1. The van der Waals surface area contributed by atoms with Gasteiger partial charge in [0.25, 0.3) is 5.91 Å². The topological polar surface area (TPSA) is 95.5 Å². The van der Waals surface area contributed by atoms with Crippen LogP contribution in [0.25, 0.3) is 0 Å². The summed E-state index contributed by atoms with van der Waals surface area (Å²) < 4.78 is 0. The number of carbonyl (C=O) groups is 3. The lowest BCUT2D eigenvalue weighted by Crippen LogP contribution is -2.22. The molecule has 0 aromatic heterocycles. The maximum Gasteiger partial charge on any atom is 0.335 e. The van der Waals surface area contributed by atoms with Crippen LogP contribution >= 0.6 is 0 Å². The van der Waals surface area contributed by atoms with Crippen LogP contribution in [0, 0.1) is 11.8 Å². The van der Waals surface area contributed by atoms with Crippen molar-refractivity contribution in [3.8, 4) is 0 Å². The molecule has 3 N–H and O–H groups in total. The molecule has 0 bridgehead atoms. The van der Waals surface area contributed by atoms with Gasteiger partial charge in [0.2, 0.25) is 5.91 Å². The fraction of sp³-hybridized carbons (Fsp3) is 0.250. The third-order valence-electron chi connectivity index (χ3n) is 4.51. The van der Waals surface area contributed by atoms with Crippen molar-refractivity contribution in [2.45, 2.75) is 19.9 Å². The largest absolute Gasteiger partial charge is 0.478 e. The predicted molar refractivity (Wildman–Crippen MR) is 96.9 cm³/mol. The molecular weight excluding hydrogens is 332 g/mol. The van der Waals surface area contributed by atoms with Crippen LogP contribution < -0.4 is 10.6 Å². The Kier molecular flexibility index (Phi) is 5.02. The second kappa shape index (κ2) is 7.39. The molecule has 6 heteroatoms. The summed E-state index contributed by atoms with van der Waals surface area (Å²) >= 11 is 0. The quantitative estimate of drug-likeness (QED) is 0.745. The number of benzene rings is 2. The Morgan fingerprint density at radius 1 is 1.00 bits per heavy atom. The van der Waals surface area contributed by atoms with Gasteiger partial charge in [-0.15, -0.1) is 0 Å². The maximum absolute atomic E-state index is 12.2. The number of amides is 2. The van der Waals surface area contributed by atoms with Crippen LogP contribution in [0.2, 0.25) is 0 Å². The summed E-state index contributed by atoms with van der Waals surface area (Å²) in [7, 11) is 0. The summed E-state index contributed by atoms with van der Waals surface area (Å²) in [5.74, 6) is -0.639. The third-order valence-corrected chi connectivity index (χ3v) is 4.51. The highest BCUT2D eigenvalue weighted by molar-refractivity contribution is 5.97. The van der Waals surface area contributed by atoms with Gasteiger partial charge in [-0.3, -0.25) is 9.59 Å². The van der Waals surface area contributed by atoms with Crippen molar-refractivity contribution >= 4 is 23.5 Å². The lowest BCUT2D eigenvalue weighted by Gasteiger charge is -2.08. The Balaban J connectivity index is 1.52. The predicted octanol–water partition coefficient (Wildman–Crippen LogP) is 2.91. The number of carbonyl (C=O) groups excluding carboxylic acids is 2. The minimum Gasteiger partial charge on any atom is -0.478 e. The van der Waals surface area contributed by atoms with E-state index in [2.05, 4.69) is 10.6 Å². The lowest BCUT2D eigenvalue weighted by molar-refractivity contribution is -0.117. The Morgan fingerprint density at radius 2 is 1.58 bits per heavy atom. The van der Waals surface area contributed by atoms with Gasteiger partial charge in [0.05, 0.1) is 5.56 Å². The minimum atomic E-state index is -0.982. The molecule has 2 aromatic carbocycles. The molecule has 3 rings (SSSR count). The van der Waals surface area contributed by atoms with E-state index in [0.29, 0.717) is 23.7 Å². The van der Waals surface area contributed by atoms with Crippen LogP contribution in [0.1, 0.15) is 39.6 Å². The summed E-state index contributed by atoms with van der Waals surface area (Å²) in [6.45, 7) is 2.35. The molecule has 2 aromatic rings. The van der Waals surface area contributed by atoms with Gasteiger partial charge in [-0.05, 0) is 54.3 Å². The van der Waals surface area contributed by atoms with Gasteiger partial charge in [0.1, 0.15) is 0 Å². The Morgan fingerprint density at radius 3 is 2.12 bits per heavy atom. The molecule has 1 aliphatic carbocycles. The van der Waals surface area contributed by atoms with E-state index in [4.69, 9.17) is 5.11 Å². The van der Waals surface area contributed by atoms with Crippen molar-refractivity contribution in [3.63, 3.8) is 0 Å². The average Bonchev–Trinajstić information content (AvgIpc) is 3.37. The van der Waals surface area contributed by atoms with Gasteiger partial charge in [0, 0.05) is 23.7 Å². The summed E-state index contributed by atoms with van der Waals surface area (Å²) in [6.07, 6.45) is 0.930. The van der Waals surface area contributed by atoms with Gasteiger partial charge < -0.3 is 15.7 Å². The minimum absolute atomic E-state index is 0.0273. The van der Waals surface area contributed by atoms with Crippen LogP contribution in [-0.2, 0) is 11.3 Å². The first kappa shape index (κ1) is 17.7. The van der Waals surface area contributed by atoms with Gasteiger partial charge in [0.15, 0.2) is 0 Å². The second-order valence-electron chi connectivity index (χ2n) is 6.57. The van der Waals surface area contributed by atoms with Gasteiger partial charge >= 0.3 is 5.97 Å². The monoisotopic (exact) mass is 352 g/mol. The summed E-state index contributed by atoms with van der Waals surface area (Å²) in [4.78, 5) is 34.9. The maximum atomic E-state index is 12.2. The Hall–Kier alpha value is -3.15. The smallest absolute Gasteiger partial charge is 0.335 e. The Labute approximate surface area is 151 Å². The van der Waals surface area contributed by atoms with E-state index in [-0.39, 0.29) is 23.3 Å². The van der Waals surface area contributed by atoms with E-state index in [9.17, 15) is 14.4 Å². The van der Waals surface area contributed by atoms with E-state index >= 15 is 0 Å². The summed E-state index contributed by atoms with van der Waals surface area (Å²) in [6, 6.07) is 13.1. The van der Waals surface area contributed by atoms with Gasteiger partial charge in [-0.25, -0.2) is 4.79 Å². The second-order valence-corrected chi connectivity index (χ2v) is 6.57. The SMILES string of the molecule is CC1CC1C(=O)Nc1ccc(C(=O)NCc2ccc(C(=O)O)cc2)cc1. The average molecular weight is 352 g/mol. The van der Waals surface area contributed by atoms with Crippen molar-refractivity contribution in [3.05, 3.63) is 65.2 Å². The van der Waals surface area contributed by atoms with E-state index in [1.165, 1.54) is 12.1 Å². The molecule has 6 nitrogen and oxygen atoms in total. The number of hydrogen-bond acceptors (Lipinski definition) is 3. The zero-order valence-corrected chi connectivity index (χ0v) is 14.4. The molecule has 2 amide bonds. The van der Waals surface area contributed by atoms with Gasteiger partial charge in [-0.2, -0.15) is 0 Å². The molecule has 1 saturated carbocycles. The summed E-state index contributed by atoms with van der Waals surface area (Å²) in [5.41, 5.74) is 2.18. The normalized spacial score (nSPS) is 18.0. The molecule has 26 heavy (non-hydrogen) atoms. The molecule has 0 radical (unpaired) electrons. The van der Waals surface area contributed by atoms with Crippen LogP contribution in [0.4, 0.5) is 5.69 Å². The van der Waals surface area contributed by atoms with Crippen molar-refractivity contribution in [1.29, 1.82) is 0 Å². The van der Waals surface area contributed by atoms with E-state index in [1.807, 2.05) is 6.92 Å². The first-order valence-corrected chi connectivity index (χ1v) is 8.45. The lowest BCUT2D eigenvalue weighted by atomic mass is 10.1. The number of hydrogen-bond donors (Lipinski definition) is 3. The standard InChI is InChI=1S/C20H20N2O4/c1-12-10-17(12)19(24)22-16-8-6-14(7-9-16)18(23)21-11-13-2-4-15(5-3-13)20(25)26/h2-9,12,17H,10-11H2,1H3,(H,21,23)(H,22,24)(H,25,26). The molecule has 2 atom stereocenters. The highest BCUT2D eigenvalue weighted by atomic mass is 16.4. The number of rotatable bonds is 6. The van der Waals surface area contributed by atoms with Crippen molar-refractivity contribution in [1.82, 2.24) is 5.32 Å². The fourth-order valence-electron chi connectivity index (χ4n) is 2.68. The van der Waals surface area contributed by atoms with E-state index < -0.39 is 5.97 Å². The first-order chi connectivity index (χ1) is 12.4. The first-order valence-electron chi connectivity index (χ1n) is 8.45. The Bertz CT molecular complexity index is 828. The van der Waals surface area contributed by atoms with Gasteiger partial charge in [-0.1, -0.05) is 19.1 Å². The zero-order chi connectivity index (χ0) is 18.7. The van der Waals surface area contributed by atoms with Crippen molar-refractivity contribution in [2.75, 3.05) is 5.32 Å². The molecule has 0 aliphatic heterocycles. The van der Waals surface area contributed by atoms with E-state index in [0.717, 1.165) is 12.0 Å². The molecule has 2 unspecified atom stereocenters. The molecule has 0 heterocycles. The van der Waals surface area contributed by atoms with Crippen LogP contribution in [-0.4, -0.2) is 22.9 Å². The van der Waals surface area contributed by atoms with Crippen LogP contribution in [0.15, 0.2) is 48.5 Å². The van der Waals surface area contributed by atoms with E-state index in [1.54, 1.807) is 36.4 Å². The highest BCUT2D eigenvalue weighted by Crippen LogP contribution is 2.38. The molecule has 1 aliphatic rings. The molecule has 0 spiro atoms. The van der Waals surface area contributed by atoms with Crippen molar-refractivity contribution < 1.29 is 19.5 Å². The molecular formula is C20H20N2O4. The van der Waals surface area contributed by atoms with Crippen LogP contribution in [0.5, 0.6) is 0 Å². The molecule has 0 saturated heterocycles. The molecule has 1 fully saturated rings.